The van der Waals surface area contributed by atoms with Crippen molar-refractivity contribution >= 4 is 18.3 Å². The fourth-order valence-corrected chi connectivity index (χ4v) is 3.15. The Hall–Kier alpha value is -2.11. The third-order valence-corrected chi connectivity index (χ3v) is 4.61. The van der Waals surface area contributed by atoms with Crippen molar-refractivity contribution in [3.8, 4) is 5.75 Å². The first-order valence-corrected chi connectivity index (χ1v) is 8.58. The molecule has 2 aromatic carbocycles. The molecule has 1 aliphatic heterocycles. The lowest BCUT2D eigenvalue weighted by molar-refractivity contribution is -0.126. The van der Waals surface area contributed by atoms with E-state index < -0.39 is 0 Å². The molecule has 0 aliphatic carbocycles. The molecule has 26 heavy (non-hydrogen) atoms. The van der Waals surface area contributed by atoms with Gasteiger partial charge in [0.15, 0.2) is 0 Å². The average molecular weight is 379 g/mol. The predicted octanol–water partition coefficient (Wildman–Crippen LogP) is 3.46. The van der Waals surface area contributed by atoms with Crippen molar-refractivity contribution in [1.29, 1.82) is 0 Å². The largest absolute Gasteiger partial charge is 0.497 e. The molecular formula is C20H24ClFN2O2. The van der Waals surface area contributed by atoms with Crippen LogP contribution in [0, 0.1) is 11.7 Å². The van der Waals surface area contributed by atoms with Gasteiger partial charge in [0.25, 0.3) is 0 Å². The number of hydrogen-bond acceptors (Lipinski definition) is 3. The van der Waals surface area contributed by atoms with E-state index in [1.807, 2.05) is 24.3 Å². The van der Waals surface area contributed by atoms with E-state index in [1.54, 1.807) is 19.2 Å². The van der Waals surface area contributed by atoms with Gasteiger partial charge in [0, 0.05) is 6.54 Å². The normalized spacial score (nSPS) is 17.7. The van der Waals surface area contributed by atoms with Crippen molar-refractivity contribution in [1.82, 2.24) is 10.6 Å². The maximum atomic E-state index is 13.3. The van der Waals surface area contributed by atoms with E-state index in [0.29, 0.717) is 6.54 Å². The molecule has 140 valence electrons. The molecule has 2 aromatic rings. The molecule has 4 nitrogen and oxygen atoms in total. The Morgan fingerprint density at radius 3 is 2.31 bits per heavy atom. The van der Waals surface area contributed by atoms with Gasteiger partial charge in [0.1, 0.15) is 11.6 Å². The Morgan fingerprint density at radius 2 is 1.77 bits per heavy atom. The summed E-state index contributed by atoms with van der Waals surface area (Å²) in [6, 6.07) is 13.5. The average Bonchev–Trinajstić information content (AvgIpc) is 2.67. The first-order valence-electron chi connectivity index (χ1n) is 8.58. The maximum Gasteiger partial charge on any atom is 0.225 e. The molecule has 1 amide bonds. The fourth-order valence-electron chi connectivity index (χ4n) is 3.15. The zero-order valence-electron chi connectivity index (χ0n) is 14.7. The standard InChI is InChI=1S/C20H23FN2O2.ClH/c1-25-18-10-6-15(7-11-18)19(14-4-8-17(21)9-5-14)23-20(24)16-3-2-12-22-13-16;/h4-11,16,19,22H,2-3,12-13H2,1H3,(H,23,24);1H. The van der Waals surface area contributed by atoms with Crippen molar-refractivity contribution in [2.24, 2.45) is 5.92 Å². The summed E-state index contributed by atoms with van der Waals surface area (Å²) in [5, 5.41) is 6.40. The Bertz CT molecular complexity index is 701. The van der Waals surface area contributed by atoms with Gasteiger partial charge >= 0.3 is 0 Å². The quantitative estimate of drug-likeness (QED) is 0.837. The second-order valence-corrected chi connectivity index (χ2v) is 6.31. The van der Waals surface area contributed by atoms with Crippen LogP contribution < -0.4 is 15.4 Å². The number of amides is 1. The molecule has 2 N–H and O–H groups in total. The highest BCUT2D eigenvalue weighted by Crippen LogP contribution is 2.25. The number of hydrogen-bond donors (Lipinski definition) is 2. The molecule has 6 heteroatoms. The molecular weight excluding hydrogens is 355 g/mol. The monoisotopic (exact) mass is 378 g/mol. The Balaban J connectivity index is 0.00000243. The van der Waals surface area contributed by atoms with Crippen LogP contribution in [-0.2, 0) is 4.79 Å². The van der Waals surface area contributed by atoms with Crippen LogP contribution in [0.3, 0.4) is 0 Å². The van der Waals surface area contributed by atoms with Crippen molar-refractivity contribution in [2.45, 2.75) is 18.9 Å². The van der Waals surface area contributed by atoms with Gasteiger partial charge in [-0.3, -0.25) is 4.79 Å². The van der Waals surface area contributed by atoms with Crippen LogP contribution in [0.5, 0.6) is 5.75 Å². The lowest BCUT2D eigenvalue weighted by atomic mass is 9.95. The molecule has 2 unspecified atom stereocenters. The molecule has 2 atom stereocenters. The lowest BCUT2D eigenvalue weighted by Crippen LogP contribution is -2.42. The number of nitrogens with one attached hydrogen (secondary N) is 2. The molecule has 0 bridgehead atoms. The number of ether oxygens (including phenoxy) is 1. The highest BCUT2D eigenvalue weighted by atomic mass is 35.5. The zero-order chi connectivity index (χ0) is 17.6. The van der Waals surface area contributed by atoms with Crippen LogP contribution >= 0.6 is 12.4 Å². The van der Waals surface area contributed by atoms with E-state index in [-0.39, 0.29) is 36.1 Å². The summed E-state index contributed by atoms with van der Waals surface area (Å²) in [5.74, 6) is 0.455. The number of rotatable bonds is 5. The van der Waals surface area contributed by atoms with E-state index in [1.165, 1.54) is 12.1 Å². The number of carbonyl (C=O) groups excluding carboxylic acids is 1. The van der Waals surface area contributed by atoms with Gasteiger partial charge < -0.3 is 15.4 Å². The predicted molar refractivity (Wildman–Crippen MR) is 102 cm³/mol. The topological polar surface area (TPSA) is 50.4 Å². The van der Waals surface area contributed by atoms with Crippen molar-refractivity contribution < 1.29 is 13.9 Å². The minimum atomic E-state index is -0.319. The Kier molecular flexibility index (Phi) is 7.42. The minimum absolute atomic E-state index is 0. The molecule has 0 saturated carbocycles. The van der Waals surface area contributed by atoms with Gasteiger partial charge in [-0.1, -0.05) is 24.3 Å². The first-order chi connectivity index (χ1) is 12.2. The van der Waals surface area contributed by atoms with Crippen LogP contribution in [0.2, 0.25) is 0 Å². The summed E-state index contributed by atoms with van der Waals surface area (Å²) >= 11 is 0. The van der Waals surface area contributed by atoms with E-state index in [0.717, 1.165) is 36.3 Å². The molecule has 1 fully saturated rings. The van der Waals surface area contributed by atoms with Crippen LogP contribution in [0.4, 0.5) is 4.39 Å². The van der Waals surface area contributed by atoms with Gasteiger partial charge in [-0.15, -0.1) is 12.4 Å². The van der Waals surface area contributed by atoms with E-state index in [9.17, 15) is 9.18 Å². The number of methoxy groups -OCH3 is 1. The van der Waals surface area contributed by atoms with Crippen molar-refractivity contribution in [2.75, 3.05) is 20.2 Å². The van der Waals surface area contributed by atoms with Crippen LogP contribution in [0.1, 0.15) is 30.0 Å². The second kappa shape index (κ2) is 9.55. The summed E-state index contributed by atoms with van der Waals surface area (Å²) < 4.78 is 18.5. The summed E-state index contributed by atoms with van der Waals surface area (Å²) in [4.78, 5) is 12.7. The lowest BCUT2D eigenvalue weighted by Gasteiger charge is -2.26. The van der Waals surface area contributed by atoms with Gasteiger partial charge in [0.2, 0.25) is 5.91 Å². The maximum absolute atomic E-state index is 13.3. The van der Waals surface area contributed by atoms with E-state index >= 15 is 0 Å². The van der Waals surface area contributed by atoms with Gasteiger partial charge in [-0.05, 0) is 54.8 Å². The third-order valence-electron chi connectivity index (χ3n) is 4.61. The smallest absolute Gasteiger partial charge is 0.225 e. The van der Waals surface area contributed by atoms with Crippen molar-refractivity contribution in [3.05, 3.63) is 65.5 Å². The first kappa shape index (κ1) is 20.2. The SMILES string of the molecule is COc1ccc(C(NC(=O)C2CCCNC2)c2ccc(F)cc2)cc1.Cl. The summed E-state index contributed by atoms with van der Waals surface area (Å²) in [5.41, 5.74) is 1.79. The van der Waals surface area contributed by atoms with Gasteiger partial charge in [-0.2, -0.15) is 0 Å². The van der Waals surface area contributed by atoms with E-state index in [4.69, 9.17) is 4.74 Å². The van der Waals surface area contributed by atoms with E-state index in [2.05, 4.69) is 10.6 Å². The molecule has 0 radical (unpaired) electrons. The van der Waals surface area contributed by atoms with Gasteiger partial charge in [0.05, 0.1) is 19.1 Å². The zero-order valence-corrected chi connectivity index (χ0v) is 15.5. The van der Waals surface area contributed by atoms with Crippen LogP contribution in [-0.4, -0.2) is 26.1 Å². The molecule has 3 rings (SSSR count). The van der Waals surface area contributed by atoms with Crippen molar-refractivity contribution in [3.63, 3.8) is 0 Å². The Morgan fingerprint density at radius 1 is 1.15 bits per heavy atom. The number of benzene rings is 2. The minimum Gasteiger partial charge on any atom is -0.497 e. The molecule has 1 saturated heterocycles. The number of piperidine rings is 1. The number of halogens is 2. The van der Waals surface area contributed by atoms with Crippen LogP contribution in [0.15, 0.2) is 48.5 Å². The summed E-state index contributed by atoms with van der Waals surface area (Å²) in [6.45, 7) is 1.66. The Labute approximate surface area is 159 Å². The summed E-state index contributed by atoms with van der Waals surface area (Å²) in [6.07, 6.45) is 1.89. The molecule has 0 spiro atoms. The highest BCUT2D eigenvalue weighted by molar-refractivity contribution is 5.85. The summed E-state index contributed by atoms with van der Waals surface area (Å²) in [7, 11) is 1.62. The third kappa shape index (κ3) is 4.96. The molecule has 1 aliphatic rings. The molecule has 1 heterocycles. The highest BCUT2D eigenvalue weighted by Gasteiger charge is 2.24. The van der Waals surface area contributed by atoms with Crippen LogP contribution in [0.25, 0.3) is 0 Å². The second-order valence-electron chi connectivity index (χ2n) is 6.31. The fraction of sp³-hybridized carbons (Fsp3) is 0.350. The van der Waals surface area contributed by atoms with Gasteiger partial charge in [-0.25, -0.2) is 4.39 Å². The molecule has 0 aromatic heterocycles. The number of carbonyl (C=O) groups is 1.